The largest absolute Gasteiger partial charge is 0.348 e. The monoisotopic (exact) mass is 220 g/mol. The molecule has 16 heavy (non-hydrogen) atoms. The van der Waals surface area contributed by atoms with Gasteiger partial charge in [-0.2, -0.15) is 0 Å². The lowest BCUT2D eigenvalue weighted by Crippen LogP contribution is -2.35. The molecule has 4 nitrogen and oxygen atoms in total. The Hall–Kier alpha value is -0.870. The van der Waals surface area contributed by atoms with E-state index < -0.39 is 0 Å². The summed E-state index contributed by atoms with van der Waals surface area (Å²) in [4.78, 5) is 10.0. The van der Waals surface area contributed by atoms with Crippen LogP contribution in [0.5, 0.6) is 0 Å². The van der Waals surface area contributed by atoms with E-state index >= 15 is 0 Å². The van der Waals surface area contributed by atoms with Crippen molar-refractivity contribution in [3.8, 4) is 0 Å². The van der Waals surface area contributed by atoms with Crippen LogP contribution in [0.15, 0.2) is 12.4 Å². The Morgan fingerprint density at radius 2 is 2.38 bits per heavy atom. The molecule has 2 fully saturated rings. The van der Waals surface area contributed by atoms with E-state index in [1.807, 2.05) is 12.4 Å². The maximum Gasteiger partial charge on any atom is 0.120 e. The molecule has 2 N–H and O–H groups in total. The van der Waals surface area contributed by atoms with E-state index in [2.05, 4.69) is 27.1 Å². The van der Waals surface area contributed by atoms with Crippen LogP contribution >= 0.6 is 0 Å². The minimum atomic E-state index is 0.630. The van der Waals surface area contributed by atoms with Gasteiger partial charge in [0, 0.05) is 37.6 Å². The van der Waals surface area contributed by atoms with Crippen molar-refractivity contribution in [1.82, 2.24) is 20.2 Å². The molecule has 3 rings (SSSR count). The number of imidazole rings is 1. The van der Waals surface area contributed by atoms with Gasteiger partial charge in [-0.1, -0.05) is 6.92 Å². The molecule has 4 heteroatoms. The van der Waals surface area contributed by atoms with Gasteiger partial charge in [-0.25, -0.2) is 4.98 Å². The van der Waals surface area contributed by atoms with E-state index in [-0.39, 0.29) is 0 Å². The summed E-state index contributed by atoms with van der Waals surface area (Å²) >= 11 is 0. The Morgan fingerprint density at radius 3 is 3.06 bits per heavy atom. The van der Waals surface area contributed by atoms with Gasteiger partial charge in [0.15, 0.2) is 0 Å². The van der Waals surface area contributed by atoms with Crippen LogP contribution in [-0.2, 0) is 6.54 Å². The molecule has 2 unspecified atom stereocenters. The zero-order chi connectivity index (χ0) is 11.0. The van der Waals surface area contributed by atoms with E-state index in [0.717, 1.165) is 24.3 Å². The lowest BCUT2D eigenvalue weighted by molar-refractivity contribution is 0.313. The summed E-state index contributed by atoms with van der Waals surface area (Å²) in [5, 5.41) is 3.61. The van der Waals surface area contributed by atoms with Gasteiger partial charge in [0.25, 0.3) is 0 Å². The number of hydrogen-bond donors (Lipinski definition) is 2. The van der Waals surface area contributed by atoms with Gasteiger partial charge in [0.05, 0.1) is 6.54 Å². The number of H-pyrrole nitrogens is 1. The summed E-state index contributed by atoms with van der Waals surface area (Å²) in [5.74, 6) is 1.80. The van der Waals surface area contributed by atoms with Gasteiger partial charge in [-0.15, -0.1) is 0 Å². The van der Waals surface area contributed by atoms with Crippen LogP contribution in [0, 0.1) is 5.92 Å². The molecule has 0 radical (unpaired) electrons. The van der Waals surface area contributed by atoms with Crippen molar-refractivity contribution in [2.75, 3.05) is 13.1 Å². The number of aromatic nitrogens is 2. The normalized spacial score (nSPS) is 31.1. The fourth-order valence-corrected chi connectivity index (χ4v) is 2.63. The van der Waals surface area contributed by atoms with E-state index in [1.165, 1.54) is 25.9 Å². The lowest BCUT2D eigenvalue weighted by atomic mass is 10.1. The first kappa shape index (κ1) is 10.3. The number of rotatable bonds is 4. The third-order valence-electron chi connectivity index (χ3n) is 3.79. The second-order valence-electron chi connectivity index (χ2n) is 5.19. The molecule has 2 aliphatic rings. The summed E-state index contributed by atoms with van der Waals surface area (Å²) in [5.41, 5.74) is 0. The van der Waals surface area contributed by atoms with Crippen molar-refractivity contribution in [3.63, 3.8) is 0 Å². The first-order chi connectivity index (χ1) is 7.83. The fraction of sp³-hybridized carbons (Fsp3) is 0.750. The van der Waals surface area contributed by atoms with Crippen LogP contribution in [0.3, 0.4) is 0 Å². The first-order valence-electron chi connectivity index (χ1n) is 6.28. The summed E-state index contributed by atoms with van der Waals surface area (Å²) in [6, 6.07) is 1.53. The van der Waals surface area contributed by atoms with Crippen LogP contribution in [0.1, 0.15) is 25.6 Å². The second-order valence-corrected chi connectivity index (χ2v) is 5.19. The van der Waals surface area contributed by atoms with Crippen molar-refractivity contribution in [2.45, 2.75) is 38.4 Å². The van der Waals surface area contributed by atoms with Gasteiger partial charge in [0.2, 0.25) is 0 Å². The average Bonchev–Trinajstić information content (AvgIpc) is 2.86. The minimum absolute atomic E-state index is 0.630. The van der Waals surface area contributed by atoms with Gasteiger partial charge >= 0.3 is 0 Å². The van der Waals surface area contributed by atoms with E-state index in [1.54, 1.807) is 0 Å². The maximum absolute atomic E-state index is 4.24. The van der Waals surface area contributed by atoms with Crippen molar-refractivity contribution >= 4 is 0 Å². The highest BCUT2D eigenvalue weighted by molar-refractivity contribution is 4.96. The Balaban J connectivity index is 1.51. The molecule has 1 aromatic heterocycles. The highest BCUT2D eigenvalue weighted by atomic mass is 15.2. The van der Waals surface area contributed by atoms with E-state index in [9.17, 15) is 0 Å². The van der Waals surface area contributed by atoms with Gasteiger partial charge < -0.3 is 10.3 Å². The highest BCUT2D eigenvalue weighted by Crippen LogP contribution is 2.31. The van der Waals surface area contributed by atoms with E-state index in [4.69, 9.17) is 0 Å². The summed E-state index contributed by atoms with van der Waals surface area (Å²) < 4.78 is 0. The number of nitrogens with zero attached hydrogens (tertiary/aromatic N) is 2. The molecule has 0 amide bonds. The smallest absolute Gasteiger partial charge is 0.120 e. The van der Waals surface area contributed by atoms with Crippen molar-refractivity contribution in [1.29, 1.82) is 0 Å². The van der Waals surface area contributed by atoms with Crippen molar-refractivity contribution in [3.05, 3.63) is 18.2 Å². The number of aromatic amines is 1. The number of hydrogen-bond acceptors (Lipinski definition) is 3. The molecule has 0 aromatic carbocycles. The van der Waals surface area contributed by atoms with Crippen LogP contribution in [0.2, 0.25) is 0 Å². The fourth-order valence-electron chi connectivity index (χ4n) is 2.63. The predicted molar refractivity (Wildman–Crippen MR) is 63.0 cm³/mol. The molecule has 0 bridgehead atoms. The molecule has 2 atom stereocenters. The molecule has 1 aliphatic heterocycles. The minimum Gasteiger partial charge on any atom is -0.348 e. The maximum atomic E-state index is 4.24. The molecule has 2 heterocycles. The quantitative estimate of drug-likeness (QED) is 0.795. The zero-order valence-electron chi connectivity index (χ0n) is 9.82. The molecular formula is C12H20N4. The van der Waals surface area contributed by atoms with Crippen LogP contribution in [0.4, 0.5) is 0 Å². The Kier molecular flexibility index (Phi) is 2.69. The van der Waals surface area contributed by atoms with Crippen molar-refractivity contribution in [2.24, 2.45) is 5.92 Å². The molecule has 1 aromatic rings. The average molecular weight is 220 g/mol. The Bertz CT molecular complexity index is 331. The zero-order valence-corrected chi connectivity index (χ0v) is 9.82. The summed E-state index contributed by atoms with van der Waals surface area (Å²) in [6.45, 7) is 5.69. The molecule has 0 spiro atoms. The number of likely N-dealkylation sites (tertiary alicyclic amines) is 1. The topological polar surface area (TPSA) is 44.0 Å². The molecular weight excluding hydrogens is 200 g/mol. The van der Waals surface area contributed by atoms with Crippen molar-refractivity contribution < 1.29 is 0 Å². The standard InChI is InChI=1S/C12H20N4/c1-9-7-16(10-2-3-10)8-11(9)15-6-12-13-4-5-14-12/h4-5,9-11,15H,2-3,6-8H2,1H3,(H,13,14). The Morgan fingerprint density at radius 1 is 1.50 bits per heavy atom. The molecule has 1 saturated carbocycles. The Labute approximate surface area is 96.4 Å². The second kappa shape index (κ2) is 4.18. The van der Waals surface area contributed by atoms with Crippen LogP contribution in [0.25, 0.3) is 0 Å². The summed E-state index contributed by atoms with van der Waals surface area (Å²) in [6.07, 6.45) is 6.52. The molecule has 1 saturated heterocycles. The third kappa shape index (κ3) is 2.13. The highest BCUT2D eigenvalue weighted by Gasteiger charge is 2.37. The SMILES string of the molecule is CC1CN(C2CC2)CC1NCc1ncc[nH]1. The predicted octanol–water partition coefficient (Wildman–Crippen LogP) is 0.982. The van der Waals surface area contributed by atoms with Crippen LogP contribution < -0.4 is 5.32 Å². The molecule has 1 aliphatic carbocycles. The summed E-state index contributed by atoms with van der Waals surface area (Å²) in [7, 11) is 0. The lowest BCUT2D eigenvalue weighted by Gasteiger charge is -2.16. The van der Waals surface area contributed by atoms with Gasteiger partial charge in [0.1, 0.15) is 5.82 Å². The van der Waals surface area contributed by atoms with Crippen LogP contribution in [-0.4, -0.2) is 40.0 Å². The van der Waals surface area contributed by atoms with Gasteiger partial charge in [-0.05, 0) is 18.8 Å². The first-order valence-corrected chi connectivity index (χ1v) is 6.28. The van der Waals surface area contributed by atoms with Gasteiger partial charge in [-0.3, -0.25) is 4.90 Å². The number of nitrogens with one attached hydrogen (secondary N) is 2. The third-order valence-corrected chi connectivity index (χ3v) is 3.79. The van der Waals surface area contributed by atoms with E-state index in [0.29, 0.717) is 6.04 Å². The molecule has 88 valence electrons.